The molecule has 1 aromatic carbocycles. The Morgan fingerprint density at radius 2 is 1.97 bits per heavy atom. The van der Waals surface area contributed by atoms with E-state index in [2.05, 4.69) is 29.0 Å². The molecule has 5 rings (SSSR count). The smallest absolute Gasteiger partial charge is 0.309 e. The molecule has 0 unspecified atom stereocenters. The van der Waals surface area contributed by atoms with Crippen molar-refractivity contribution in [2.24, 2.45) is 5.41 Å². The minimum Gasteiger partial charge on any atom is -0.438 e. The van der Waals surface area contributed by atoms with Crippen LogP contribution in [0.15, 0.2) is 34.9 Å². The number of aryl methyl sites for hydroxylation is 1. The number of fused-ring (bicyclic) bond motifs is 5. The van der Waals surface area contributed by atoms with Gasteiger partial charge in [0.15, 0.2) is 0 Å². The van der Waals surface area contributed by atoms with Crippen LogP contribution in [0.2, 0.25) is 0 Å². The number of likely N-dealkylation sites (N-methyl/N-ethyl adjacent to an activating group) is 1. The molecule has 2 atom stereocenters. The fourth-order valence-corrected chi connectivity index (χ4v) is 5.88. The van der Waals surface area contributed by atoms with Gasteiger partial charge in [-0.2, -0.15) is 10.2 Å². The van der Waals surface area contributed by atoms with Crippen molar-refractivity contribution in [2.75, 3.05) is 13.1 Å². The Labute approximate surface area is 191 Å². The first-order valence-electron chi connectivity index (χ1n) is 11.2. The minimum atomic E-state index is -0.662. The first-order valence-corrected chi connectivity index (χ1v) is 11.2. The molecule has 1 fully saturated rings. The van der Waals surface area contributed by atoms with Gasteiger partial charge in [-0.3, -0.25) is 4.79 Å². The van der Waals surface area contributed by atoms with Gasteiger partial charge in [0.05, 0.1) is 23.1 Å². The van der Waals surface area contributed by atoms with Gasteiger partial charge < -0.3 is 9.32 Å². The highest BCUT2D eigenvalue weighted by atomic mass is 19.1. The number of hydrogen-bond acceptors (Lipinski definition) is 5. The summed E-state index contributed by atoms with van der Waals surface area (Å²) in [7, 11) is 0. The third-order valence-corrected chi connectivity index (χ3v) is 7.77. The second kappa shape index (κ2) is 7.43. The molecule has 172 valence electrons. The number of carbonyl (C=O) groups is 1. The van der Waals surface area contributed by atoms with Crippen molar-refractivity contribution in [1.82, 2.24) is 20.1 Å². The van der Waals surface area contributed by atoms with Gasteiger partial charge in [-0.1, -0.05) is 19.9 Å². The summed E-state index contributed by atoms with van der Waals surface area (Å²) in [5, 5.41) is 8.78. The standard InChI is InChI=1S/C25H26F2N4O2/c1-5-31(23(32)22-28-12-14(2)33-22)13-25-10-9-16(24(25,3)4)15-11-19(29-30-21(15)25)20-17(26)7-6-8-18(20)27/h6-8,11-12,16H,5,9-10,13H2,1-4H3/t16-,25-/m0/s1. The van der Waals surface area contributed by atoms with E-state index in [1.807, 2.05) is 6.92 Å². The first-order chi connectivity index (χ1) is 15.7. The lowest BCUT2D eigenvalue weighted by atomic mass is 9.68. The van der Waals surface area contributed by atoms with Crippen molar-refractivity contribution < 1.29 is 18.0 Å². The van der Waals surface area contributed by atoms with Crippen LogP contribution in [0.4, 0.5) is 8.78 Å². The number of carbonyl (C=O) groups excluding carboxylic acids is 1. The van der Waals surface area contributed by atoms with Crippen molar-refractivity contribution in [1.29, 1.82) is 0 Å². The normalized spacial score (nSPS) is 22.4. The number of aromatic nitrogens is 3. The Morgan fingerprint density at radius 3 is 2.61 bits per heavy atom. The number of hydrogen-bond donors (Lipinski definition) is 0. The van der Waals surface area contributed by atoms with Crippen molar-refractivity contribution >= 4 is 5.91 Å². The molecule has 1 amide bonds. The summed E-state index contributed by atoms with van der Waals surface area (Å²) in [5.74, 6) is -0.762. The number of benzene rings is 1. The van der Waals surface area contributed by atoms with Crippen LogP contribution in [-0.2, 0) is 5.41 Å². The third kappa shape index (κ3) is 3.03. The molecule has 6 nitrogen and oxygen atoms in total. The van der Waals surface area contributed by atoms with Crippen LogP contribution in [0.3, 0.4) is 0 Å². The zero-order valence-electron chi connectivity index (χ0n) is 19.2. The quantitative estimate of drug-likeness (QED) is 0.543. The molecule has 0 radical (unpaired) electrons. The van der Waals surface area contributed by atoms with Gasteiger partial charge in [0.2, 0.25) is 0 Å². The van der Waals surface area contributed by atoms with Crippen LogP contribution in [0.1, 0.15) is 67.2 Å². The van der Waals surface area contributed by atoms with Gasteiger partial charge in [-0.05, 0) is 61.8 Å². The number of amides is 1. The van der Waals surface area contributed by atoms with Crippen molar-refractivity contribution in [3.05, 3.63) is 65.0 Å². The van der Waals surface area contributed by atoms with Gasteiger partial charge >= 0.3 is 5.91 Å². The highest BCUT2D eigenvalue weighted by Gasteiger charge is 2.64. The summed E-state index contributed by atoms with van der Waals surface area (Å²) in [6.07, 6.45) is 3.30. The third-order valence-electron chi connectivity index (χ3n) is 7.77. The Hall–Kier alpha value is -3.16. The molecule has 0 N–H and O–H groups in total. The molecular weight excluding hydrogens is 426 g/mol. The first kappa shape index (κ1) is 21.7. The molecule has 1 saturated carbocycles. The minimum absolute atomic E-state index is 0.0767. The van der Waals surface area contributed by atoms with E-state index in [9.17, 15) is 13.6 Å². The van der Waals surface area contributed by atoms with E-state index in [0.717, 1.165) is 24.1 Å². The van der Waals surface area contributed by atoms with E-state index in [1.54, 1.807) is 17.9 Å². The number of oxazole rings is 1. The summed E-state index contributed by atoms with van der Waals surface area (Å²) >= 11 is 0. The summed E-state index contributed by atoms with van der Waals surface area (Å²) in [6.45, 7) is 8.98. The van der Waals surface area contributed by atoms with E-state index >= 15 is 0 Å². The fourth-order valence-electron chi connectivity index (χ4n) is 5.88. The molecule has 3 aromatic rings. The molecule has 0 spiro atoms. The molecule has 2 heterocycles. The zero-order valence-corrected chi connectivity index (χ0v) is 19.2. The molecule has 33 heavy (non-hydrogen) atoms. The molecule has 2 aromatic heterocycles. The van der Waals surface area contributed by atoms with Crippen LogP contribution < -0.4 is 0 Å². The predicted molar refractivity (Wildman–Crippen MR) is 118 cm³/mol. The second-order valence-corrected chi connectivity index (χ2v) is 9.62. The van der Waals surface area contributed by atoms with Gasteiger partial charge in [-0.15, -0.1) is 0 Å². The maximum Gasteiger partial charge on any atom is 0.309 e. The molecule has 2 aliphatic rings. The lowest BCUT2D eigenvalue weighted by Gasteiger charge is -2.41. The van der Waals surface area contributed by atoms with Gasteiger partial charge in [0.1, 0.15) is 17.4 Å². The zero-order chi connectivity index (χ0) is 23.5. The van der Waals surface area contributed by atoms with Crippen LogP contribution >= 0.6 is 0 Å². The molecule has 2 aliphatic carbocycles. The lowest BCUT2D eigenvalue weighted by Crippen LogP contribution is -2.48. The number of halogens is 2. The average Bonchev–Trinajstić information content (AvgIpc) is 3.37. The largest absolute Gasteiger partial charge is 0.438 e. The fraction of sp³-hybridized carbons (Fsp3) is 0.440. The molecule has 8 heteroatoms. The molecular formula is C25H26F2N4O2. The van der Waals surface area contributed by atoms with Crippen LogP contribution in [0, 0.1) is 24.0 Å². The van der Waals surface area contributed by atoms with Gasteiger partial charge in [0, 0.05) is 18.5 Å². The van der Waals surface area contributed by atoms with Crippen LogP contribution in [0.25, 0.3) is 11.3 Å². The Kier molecular flexibility index (Phi) is 4.88. The van der Waals surface area contributed by atoms with E-state index in [1.165, 1.54) is 24.4 Å². The lowest BCUT2D eigenvalue weighted by molar-refractivity contribution is 0.0613. The number of nitrogens with zero attached hydrogens (tertiary/aromatic N) is 4. The molecule has 2 bridgehead atoms. The summed E-state index contributed by atoms with van der Waals surface area (Å²) in [5.41, 5.74) is 1.19. The topological polar surface area (TPSA) is 72.1 Å². The summed E-state index contributed by atoms with van der Waals surface area (Å²) < 4.78 is 34.3. The summed E-state index contributed by atoms with van der Waals surface area (Å²) in [6, 6.07) is 5.56. The van der Waals surface area contributed by atoms with Gasteiger partial charge in [-0.25, -0.2) is 13.8 Å². The predicted octanol–water partition coefficient (Wildman–Crippen LogP) is 5.04. The van der Waals surface area contributed by atoms with Gasteiger partial charge in [0.25, 0.3) is 5.89 Å². The number of rotatable bonds is 5. The van der Waals surface area contributed by atoms with Crippen LogP contribution in [-0.4, -0.2) is 39.1 Å². The molecule has 0 aliphatic heterocycles. The maximum atomic E-state index is 14.4. The average molecular weight is 453 g/mol. The maximum absolute atomic E-state index is 14.4. The Balaban J connectivity index is 1.56. The molecule has 0 saturated heterocycles. The van der Waals surface area contributed by atoms with E-state index in [-0.39, 0.29) is 34.4 Å². The van der Waals surface area contributed by atoms with E-state index < -0.39 is 17.0 Å². The second-order valence-electron chi connectivity index (χ2n) is 9.62. The van der Waals surface area contributed by atoms with Crippen molar-refractivity contribution in [3.63, 3.8) is 0 Å². The van der Waals surface area contributed by atoms with E-state index in [4.69, 9.17) is 4.42 Å². The van der Waals surface area contributed by atoms with Crippen molar-refractivity contribution in [2.45, 2.75) is 51.9 Å². The Morgan fingerprint density at radius 1 is 1.24 bits per heavy atom. The van der Waals surface area contributed by atoms with Crippen LogP contribution in [0.5, 0.6) is 0 Å². The summed E-state index contributed by atoms with van der Waals surface area (Å²) in [4.78, 5) is 19.0. The Bertz CT molecular complexity index is 1230. The SMILES string of the molecule is CCN(C[C@@]12CC[C@@H](c3cc(-c4c(F)cccc4F)nnc31)C2(C)C)C(=O)c1ncc(C)o1. The highest BCUT2D eigenvalue weighted by molar-refractivity contribution is 5.89. The van der Waals surface area contributed by atoms with E-state index in [0.29, 0.717) is 18.8 Å². The highest BCUT2D eigenvalue weighted by Crippen LogP contribution is 2.67. The van der Waals surface area contributed by atoms with Crippen molar-refractivity contribution in [3.8, 4) is 11.3 Å². The monoisotopic (exact) mass is 452 g/mol.